The molecule has 0 amide bonds. The van der Waals surface area contributed by atoms with Gasteiger partial charge in [0, 0.05) is 24.2 Å². The summed E-state index contributed by atoms with van der Waals surface area (Å²) in [5.74, 6) is -0.272. The number of hydrogen-bond donors (Lipinski definition) is 1. The van der Waals surface area contributed by atoms with E-state index in [0.29, 0.717) is 18.7 Å². The molecule has 2 N–H and O–H groups in total. The van der Waals surface area contributed by atoms with Crippen molar-refractivity contribution in [3.63, 3.8) is 0 Å². The Morgan fingerprint density at radius 1 is 1.29 bits per heavy atom. The van der Waals surface area contributed by atoms with E-state index in [4.69, 9.17) is 17.3 Å². The molecule has 1 unspecified atom stereocenters. The van der Waals surface area contributed by atoms with Crippen molar-refractivity contribution in [2.45, 2.75) is 24.6 Å². The molecule has 1 heterocycles. The zero-order valence-electron chi connectivity index (χ0n) is 11.5. The number of rotatable bonds is 3. The lowest BCUT2D eigenvalue weighted by molar-refractivity contribution is 0.228. The first-order chi connectivity index (χ1) is 9.87. The van der Waals surface area contributed by atoms with Gasteiger partial charge in [-0.25, -0.2) is 17.1 Å². The third kappa shape index (κ3) is 2.95. The van der Waals surface area contributed by atoms with Crippen LogP contribution in [0.2, 0.25) is 5.02 Å². The minimum atomic E-state index is -3.50. The average molecular weight is 333 g/mol. The van der Waals surface area contributed by atoms with Crippen LogP contribution < -0.4 is 5.73 Å². The second-order valence-corrected chi connectivity index (χ2v) is 8.36. The molecule has 1 aromatic rings. The standard InChI is InChI=1S/C14H18ClFN2O2S/c15-13-4-3-12(16)5-11(13)8-21(19,20)18-6-9-1-2-10(7-18)14(9)17/h3-5,9-10,14H,1-2,6-8,17H2/t9-,10+,14?. The predicted molar refractivity (Wildman–Crippen MR) is 79.8 cm³/mol. The van der Waals surface area contributed by atoms with E-state index in [2.05, 4.69) is 0 Å². The number of benzene rings is 1. The number of halogens is 2. The summed E-state index contributed by atoms with van der Waals surface area (Å²) in [6.45, 7) is 0.930. The SMILES string of the molecule is NC1[C@@H]2CC[C@H]1CN(S(=O)(=O)Cc1cc(F)ccc1Cl)C2. The first kappa shape index (κ1) is 15.2. The van der Waals surface area contributed by atoms with Gasteiger partial charge in [-0.2, -0.15) is 0 Å². The van der Waals surface area contributed by atoms with Crippen LogP contribution in [0, 0.1) is 17.7 Å². The Labute approximate surface area is 129 Å². The molecular formula is C14H18ClFN2O2S. The third-order valence-corrected chi connectivity index (χ3v) is 6.74. The fraction of sp³-hybridized carbons (Fsp3) is 0.571. The van der Waals surface area contributed by atoms with E-state index in [0.717, 1.165) is 12.8 Å². The highest BCUT2D eigenvalue weighted by Gasteiger charge is 2.43. The van der Waals surface area contributed by atoms with Crippen LogP contribution in [0.25, 0.3) is 0 Å². The van der Waals surface area contributed by atoms with Gasteiger partial charge in [-0.1, -0.05) is 11.6 Å². The van der Waals surface area contributed by atoms with Crippen LogP contribution in [0.15, 0.2) is 18.2 Å². The van der Waals surface area contributed by atoms with Crippen molar-refractivity contribution in [1.82, 2.24) is 4.31 Å². The largest absolute Gasteiger partial charge is 0.327 e. The summed E-state index contributed by atoms with van der Waals surface area (Å²) in [6, 6.07) is 3.90. The highest BCUT2D eigenvalue weighted by molar-refractivity contribution is 7.88. The van der Waals surface area contributed by atoms with Gasteiger partial charge in [0.25, 0.3) is 0 Å². The van der Waals surface area contributed by atoms with Gasteiger partial charge < -0.3 is 5.73 Å². The van der Waals surface area contributed by atoms with E-state index in [-0.39, 0.29) is 28.7 Å². The normalized spacial score (nSPS) is 29.8. The molecule has 2 aliphatic rings. The smallest absolute Gasteiger partial charge is 0.218 e. The predicted octanol–water partition coefficient (Wildman–Crippen LogP) is 1.98. The topological polar surface area (TPSA) is 63.4 Å². The summed E-state index contributed by atoms with van der Waals surface area (Å²) < 4.78 is 39.9. The minimum absolute atomic E-state index is 0.106. The van der Waals surface area contributed by atoms with Gasteiger partial charge in [-0.05, 0) is 48.4 Å². The van der Waals surface area contributed by atoms with Gasteiger partial charge in [0.1, 0.15) is 5.82 Å². The van der Waals surface area contributed by atoms with Crippen LogP contribution in [0.1, 0.15) is 18.4 Å². The van der Waals surface area contributed by atoms with Gasteiger partial charge in [0.2, 0.25) is 10.0 Å². The first-order valence-electron chi connectivity index (χ1n) is 7.04. The van der Waals surface area contributed by atoms with Gasteiger partial charge in [0.05, 0.1) is 5.75 Å². The molecule has 1 saturated carbocycles. The number of fused-ring (bicyclic) bond motifs is 2. The maximum atomic E-state index is 13.3. The molecule has 2 bridgehead atoms. The number of nitrogens with two attached hydrogens (primary N) is 1. The number of nitrogens with zero attached hydrogens (tertiary/aromatic N) is 1. The summed E-state index contributed by atoms with van der Waals surface area (Å²) in [5.41, 5.74) is 6.40. The fourth-order valence-corrected chi connectivity index (χ4v) is 5.31. The maximum Gasteiger partial charge on any atom is 0.218 e. The van der Waals surface area contributed by atoms with Crippen LogP contribution >= 0.6 is 11.6 Å². The molecule has 7 heteroatoms. The highest BCUT2D eigenvalue weighted by atomic mass is 35.5. The van der Waals surface area contributed by atoms with Gasteiger partial charge in [-0.15, -0.1) is 0 Å². The van der Waals surface area contributed by atoms with Crippen molar-refractivity contribution < 1.29 is 12.8 Å². The third-order valence-electron chi connectivity index (χ3n) is 4.61. The van der Waals surface area contributed by atoms with Crippen molar-refractivity contribution in [3.8, 4) is 0 Å². The number of hydrogen-bond acceptors (Lipinski definition) is 3. The van der Waals surface area contributed by atoms with Gasteiger partial charge >= 0.3 is 0 Å². The zero-order valence-corrected chi connectivity index (χ0v) is 13.1. The maximum absolute atomic E-state index is 13.3. The van der Waals surface area contributed by atoms with Crippen LogP contribution in [0.3, 0.4) is 0 Å². The highest BCUT2D eigenvalue weighted by Crippen LogP contribution is 2.37. The van der Waals surface area contributed by atoms with Crippen LogP contribution in [-0.4, -0.2) is 31.9 Å². The van der Waals surface area contributed by atoms with Crippen LogP contribution in [0.4, 0.5) is 4.39 Å². The summed E-state index contributed by atoms with van der Waals surface area (Å²) >= 11 is 5.96. The van der Waals surface area contributed by atoms with E-state index in [9.17, 15) is 12.8 Å². The van der Waals surface area contributed by atoms with Crippen molar-refractivity contribution in [2.24, 2.45) is 17.6 Å². The Hall–Kier alpha value is -0.690. The molecule has 2 fully saturated rings. The minimum Gasteiger partial charge on any atom is -0.327 e. The molecule has 1 saturated heterocycles. The number of piperidine rings is 1. The van der Waals surface area contributed by atoms with Crippen molar-refractivity contribution in [3.05, 3.63) is 34.6 Å². The molecule has 0 radical (unpaired) electrons. The van der Waals surface area contributed by atoms with Gasteiger partial charge in [0.15, 0.2) is 0 Å². The van der Waals surface area contributed by atoms with Crippen molar-refractivity contribution >= 4 is 21.6 Å². The van der Waals surface area contributed by atoms with E-state index >= 15 is 0 Å². The number of sulfonamides is 1. The van der Waals surface area contributed by atoms with Crippen LogP contribution in [-0.2, 0) is 15.8 Å². The molecule has 116 valence electrons. The quantitative estimate of drug-likeness (QED) is 0.920. The monoisotopic (exact) mass is 332 g/mol. The summed E-state index contributed by atoms with van der Waals surface area (Å²) in [5, 5.41) is 0.275. The Morgan fingerprint density at radius 2 is 1.90 bits per heavy atom. The summed E-state index contributed by atoms with van der Waals surface area (Å²) in [6.07, 6.45) is 1.97. The molecule has 1 aliphatic heterocycles. The van der Waals surface area contributed by atoms with Crippen molar-refractivity contribution in [1.29, 1.82) is 0 Å². The van der Waals surface area contributed by atoms with E-state index in [1.54, 1.807) is 0 Å². The molecule has 0 spiro atoms. The summed E-state index contributed by atoms with van der Waals surface area (Å²) in [4.78, 5) is 0. The zero-order chi connectivity index (χ0) is 15.2. The summed E-state index contributed by atoms with van der Waals surface area (Å²) in [7, 11) is -3.50. The van der Waals surface area contributed by atoms with Crippen LogP contribution in [0.5, 0.6) is 0 Å². The molecule has 0 aromatic heterocycles. The lowest BCUT2D eigenvalue weighted by atomic mass is 9.95. The second kappa shape index (κ2) is 5.50. The Bertz CT molecular complexity index is 638. The van der Waals surface area contributed by atoms with E-state index in [1.165, 1.54) is 22.5 Å². The lowest BCUT2D eigenvalue weighted by Gasteiger charge is -2.35. The van der Waals surface area contributed by atoms with E-state index < -0.39 is 15.8 Å². The second-order valence-electron chi connectivity index (χ2n) is 5.98. The Kier molecular flexibility index (Phi) is 3.98. The molecule has 3 rings (SSSR count). The van der Waals surface area contributed by atoms with Gasteiger partial charge in [-0.3, -0.25) is 0 Å². The molecule has 1 aliphatic carbocycles. The lowest BCUT2D eigenvalue weighted by Crippen LogP contribution is -2.50. The Morgan fingerprint density at radius 3 is 2.52 bits per heavy atom. The Balaban J connectivity index is 1.80. The fourth-order valence-electron chi connectivity index (χ4n) is 3.39. The average Bonchev–Trinajstić information content (AvgIpc) is 2.65. The first-order valence-corrected chi connectivity index (χ1v) is 9.03. The molecule has 3 atom stereocenters. The molecular weight excluding hydrogens is 315 g/mol. The molecule has 21 heavy (non-hydrogen) atoms. The van der Waals surface area contributed by atoms with Crippen molar-refractivity contribution in [2.75, 3.05) is 13.1 Å². The molecule has 1 aromatic carbocycles. The molecule has 4 nitrogen and oxygen atoms in total. The van der Waals surface area contributed by atoms with E-state index in [1.807, 2.05) is 0 Å².